The number of ether oxygens (including phenoxy) is 1. The van der Waals surface area contributed by atoms with E-state index in [1.54, 1.807) is 35.5 Å². The molecule has 144 valence electrons. The molecule has 1 N–H and O–H groups in total. The summed E-state index contributed by atoms with van der Waals surface area (Å²) in [6.07, 6.45) is 6.03. The number of amides is 1. The Bertz CT molecular complexity index is 924. The van der Waals surface area contributed by atoms with Gasteiger partial charge < -0.3 is 10.1 Å². The Labute approximate surface area is 172 Å². The Hall–Kier alpha value is -2.22. The van der Waals surface area contributed by atoms with E-state index in [-0.39, 0.29) is 5.91 Å². The highest BCUT2D eigenvalue weighted by atomic mass is 32.2. The molecule has 5 nitrogen and oxygen atoms in total. The van der Waals surface area contributed by atoms with E-state index in [9.17, 15) is 4.79 Å². The lowest BCUT2D eigenvalue weighted by Crippen LogP contribution is -2.23. The second kappa shape index (κ2) is 9.32. The first kappa shape index (κ1) is 19.1. The Morgan fingerprint density at radius 2 is 2.11 bits per heavy atom. The van der Waals surface area contributed by atoms with E-state index in [2.05, 4.69) is 15.3 Å². The van der Waals surface area contributed by atoms with Crippen molar-refractivity contribution in [2.45, 2.75) is 30.4 Å². The van der Waals surface area contributed by atoms with Crippen LogP contribution < -0.4 is 5.32 Å². The van der Waals surface area contributed by atoms with Crippen LogP contribution in [0, 0.1) is 0 Å². The largest absolute Gasteiger partial charge is 0.377 e. The van der Waals surface area contributed by atoms with Crippen LogP contribution in [0.25, 0.3) is 11.3 Å². The summed E-state index contributed by atoms with van der Waals surface area (Å²) in [7, 11) is 0. The van der Waals surface area contributed by atoms with Gasteiger partial charge in [-0.05, 0) is 37.1 Å². The number of pyridine rings is 1. The molecule has 1 saturated heterocycles. The first-order valence-electron chi connectivity index (χ1n) is 9.26. The number of aromatic nitrogens is 2. The van der Waals surface area contributed by atoms with Gasteiger partial charge in [0.15, 0.2) is 0 Å². The number of thioether (sulfide) groups is 1. The highest BCUT2D eigenvalue weighted by molar-refractivity contribution is 7.99. The number of hydrogen-bond donors (Lipinski definition) is 1. The zero-order chi connectivity index (χ0) is 19.2. The van der Waals surface area contributed by atoms with E-state index in [1.807, 2.05) is 41.8 Å². The predicted molar refractivity (Wildman–Crippen MR) is 113 cm³/mol. The van der Waals surface area contributed by atoms with Crippen LogP contribution >= 0.6 is 23.1 Å². The van der Waals surface area contributed by atoms with E-state index in [4.69, 9.17) is 4.74 Å². The maximum atomic E-state index is 12.7. The third-order valence-electron chi connectivity index (χ3n) is 4.51. The SMILES string of the molecule is O=C(NCc1nc(-c2ccncc2)cs1)c1ccccc1SCC1CCCO1. The van der Waals surface area contributed by atoms with E-state index in [0.29, 0.717) is 18.2 Å². The highest BCUT2D eigenvalue weighted by Crippen LogP contribution is 2.27. The Morgan fingerprint density at radius 1 is 1.25 bits per heavy atom. The van der Waals surface area contributed by atoms with Crippen molar-refractivity contribution in [3.63, 3.8) is 0 Å². The number of thiazole rings is 1. The summed E-state index contributed by atoms with van der Waals surface area (Å²) in [6.45, 7) is 1.27. The van der Waals surface area contributed by atoms with Crippen molar-refractivity contribution >= 4 is 29.0 Å². The van der Waals surface area contributed by atoms with Gasteiger partial charge in [0.05, 0.1) is 23.9 Å². The van der Waals surface area contributed by atoms with Gasteiger partial charge in [0.25, 0.3) is 5.91 Å². The van der Waals surface area contributed by atoms with Crippen LogP contribution in [-0.2, 0) is 11.3 Å². The van der Waals surface area contributed by atoms with Gasteiger partial charge in [-0.25, -0.2) is 4.98 Å². The second-order valence-corrected chi connectivity index (χ2v) is 8.49. The molecule has 1 amide bonds. The number of benzene rings is 1. The molecule has 0 saturated carbocycles. The first-order valence-corrected chi connectivity index (χ1v) is 11.1. The highest BCUT2D eigenvalue weighted by Gasteiger charge is 2.18. The lowest BCUT2D eigenvalue weighted by atomic mass is 10.2. The minimum Gasteiger partial charge on any atom is -0.377 e. The van der Waals surface area contributed by atoms with Gasteiger partial charge >= 0.3 is 0 Å². The summed E-state index contributed by atoms with van der Waals surface area (Å²) < 4.78 is 5.69. The van der Waals surface area contributed by atoms with Gasteiger partial charge in [-0.15, -0.1) is 23.1 Å². The molecule has 3 aromatic rings. The van der Waals surface area contributed by atoms with Crippen molar-refractivity contribution in [2.24, 2.45) is 0 Å². The molecule has 2 aromatic heterocycles. The number of rotatable bonds is 7. The molecule has 7 heteroatoms. The van der Waals surface area contributed by atoms with Gasteiger partial charge in [-0.1, -0.05) is 12.1 Å². The maximum absolute atomic E-state index is 12.7. The Balaban J connectivity index is 1.37. The summed E-state index contributed by atoms with van der Waals surface area (Å²) >= 11 is 3.24. The molecule has 28 heavy (non-hydrogen) atoms. The van der Waals surface area contributed by atoms with Crippen LogP contribution in [-0.4, -0.2) is 34.3 Å². The van der Waals surface area contributed by atoms with Crippen LogP contribution in [0.3, 0.4) is 0 Å². The molecule has 1 unspecified atom stereocenters. The fraction of sp³-hybridized carbons (Fsp3) is 0.286. The molecule has 0 spiro atoms. The first-order chi connectivity index (χ1) is 13.8. The summed E-state index contributed by atoms with van der Waals surface area (Å²) in [5.74, 6) is 0.808. The van der Waals surface area contributed by atoms with Gasteiger partial charge in [-0.2, -0.15) is 0 Å². The van der Waals surface area contributed by atoms with E-state index in [1.165, 1.54) is 0 Å². The molecule has 4 rings (SSSR count). The molecular formula is C21H21N3O2S2. The minimum absolute atomic E-state index is 0.0731. The quantitative estimate of drug-likeness (QED) is 0.584. The minimum atomic E-state index is -0.0731. The van der Waals surface area contributed by atoms with Gasteiger partial charge in [0.1, 0.15) is 5.01 Å². The molecule has 1 aliphatic heterocycles. The Kier molecular flexibility index (Phi) is 6.36. The number of hydrogen-bond acceptors (Lipinski definition) is 6. The number of nitrogens with one attached hydrogen (secondary N) is 1. The number of carbonyl (C=O) groups is 1. The van der Waals surface area contributed by atoms with E-state index < -0.39 is 0 Å². The lowest BCUT2D eigenvalue weighted by molar-refractivity contribution is 0.0947. The molecule has 3 heterocycles. The van der Waals surface area contributed by atoms with Crippen LogP contribution in [0.5, 0.6) is 0 Å². The Morgan fingerprint density at radius 3 is 2.93 bits per heavy atom. The average Bonchev–Trinajstić information content (AvgIpc) is 3.43. The standard InChI is InChI=1S/C21H21N3O2S2/c25-21(17-5-1-2-6-19(17)27-13-16-4-3-11-26-16)23-12-20-24-18(14-28-20)15-7-9-22-10-8-15/h1-2,5-10,14,16H,3-4,11-13H2,(H,23,25). The summed E-state index contributed by atoms with van der Waals surface area (Å²) in [4.78, 5) is 22.4. The zero-order valence-electron chi connectivity index (χ0n) is 15.3. The van der Waals surface area contributed by atoms with Crippen LogP contribution in [0.4, 0.5) is 0 Å². The lowest BCUT2D eigenvalue weighted by Gasteiger charge is -2.12. The fourth-order valence-electron chi connectivity index (χ4n) is 3.04. The van der Waals surface area contributed by atoms with Crippen LogP contribution in [0.15, 0.2) is 59.1 Å². The molecule has 0 radical (unpaired) electrons. The normalized spacial score (nSPS) is 16.2. The monoisotopic (exact) mass is 411 g/mol. The van der Waals surface area contributed by atoms with Crippen LogP contribution in [0.2, 0.25) is 0 Å². The molecule has 1 aromatic carbocycles. The third-order valence-corrected chi connectivity index (χ3v) is 6.56. The average molecular weight is 412 g/mol. The van der Waals surface area contributed by atoms with Crippen molar-refractivity contribution < 1.29 is 9.53 Å². The molecule has 1 fully saturated rings. The van der Waals surface area contributed by atoms with Crippen LogP contribution in [0.1, 0.15) is 28.2 Å². The number of carbonyl (C=O) groups excluding carboxylic acids is 1. The van der Waals surface area contributed by atoms with Crippen molar-refractivity contribution in [1.29, 1.82) is 0 Å². The zero-order valence-corrected chi connectivity index (χ0v) is 17.0. The predicted octanol–water partition coefficient (Wildman–Crippen LogP) is 4.41. The van der Waals surface area contributed by atoms with Crippen molar-refractivity contribution in [1.82, 2.24) is 15.3 Å². The molecule has 1 aliphatic rings. The van der Waals surface area contributed by atoms with Crippen molar-refractivity contribution in [3.8, 4) is 11.3 Å². The van der Waals surface area contributed by atoms with E-state index in [0.717, 1.165) is 46.4 Å². The van der Waals surface area contributed by atoms with Crippen molar-refractivity contribution in [2.75, 3.05) is 12.4 Å². The molecular weight excluding hydrogens is 390 g/mol. The van der Waals surface area contributed by atoms with Crippen molar-refractivity contribution in [3.05, 3.63) is 64.7 Å². The third kappa shape index (κ3) is 4.79. The summed E-state index contributed by atoms with van der Waals surface area (Å²) in [5, 5.41) is 5.88. The topological polar surface area (TPSA) is 64.1 Å². The van der Waals surface area contributed by atoms with Gasteiger partial charge in [-0.3, -0.25) is 9.78 Å². The summed E-state index contributed by atoms with van der Waals surface area (Å²) in [6, 6.07) is 11.6. The molecule has 0 bridgehead atoms. The molecule has 1 atom stereocenters. The summed E-state index contributed by atoms with van der Waals surface area (Å²) in [5.41, 5.74) is 2.64. The molecule has 0 aliphatic carbocycles. The maximum Gasteiger partial charge on any atom is 0.252 e. The number of nitrogens with zero attached hydrogens (tertiary/aromatic N) is 2. The fourth-order valence-corrected chi connectivity index (χ4v) is 4.90. The van der Waals surface area contributed by atoms with Gasteiger partial charge in [0.2, 0.25) is 0 Å². The second-order valence-electron chi connectivity index (χ2n) is 6.49. The van der Waals surface area contributed by atoms with E-state index >= 15 is 0 Å². The smallest absolute Gasteiger partial charge is 0.252 e. The van der Waals surface area contributed by atoms with Gasteiger partial charge in [0, 0.05) is 40.6 Å².